The molecular weight excluding hydrogens is 324 g/mol. The van der Waals surface area contributed by atoms with Crippen LogP contribution in [0.15, 0.2) is 18.2 Å². The lowest BCUT2D eigenvalue weighted by Gasteiger charge is -2.12. The molecular formula is C16H20N6O3. The number of carbonyl (C=O) groups is 1. The Morgan fingerprint density at radius 1 is 1.40 bits per heavy atom. The predicted molar refractivity (Wildman–Crippen MR) is 91.7 cm³/mol. The molecule has 0 spiro atoms. The molecule has 0 radical (unpaired) electrons. The number of nitrogens with one attached hydrogen (secondary N) is 2. The van der Waals surface area contributed by atoms with E-state index in [4.69, 9.17) is 9.47 Å². The fourth-order valence-electron chi connectivity index (χ4n) is 2.67. The van der Waals surface area contributed by atoms with Crippen LogP contribution in [-0.2, 0) is 18.3 Å². The van der Waals surface area contributed by atoms with Crippen molar-refractivity contribution in [2.45, 2.75) is 26.4 Å². The van der Waals surface area contributed by atoms with Gasteiger partial charge in [0, 0.05) is 12.4 Å². The van der Waals surface area contributed by atoms with Crippen molar-refractivity contribution in [1.82, 2.24) is 25.2 Å². The van der Waals surface area contributed by atoms with E-state index in [-0.39, 0.29) is 24.4 Å². The van der Waals surface area contributed by atoms with Crippen molar-refractivity contribution in [3.63, 3.8) is 0 Å². The number of ether oxygens (including phenoxy) is 2. The summed E-state index contributed by atoms with van der Waals surface area (Å²) in [7, 11) is 3.52. The molecule has 9 nitrogen and oxygen atoms in total. The Balaban J connectivity index is 2.00. The minimum atomic E-state index is -0.257. The molecule has 0 unspecified atom stereocenters. The summed E-state index contributed by atoms with van der Waals surface area (Å²) >= 11 is 0. The molecule has 2 heterocycles. The summed E-state index contributed by atoms with van der Waals surface area (Å²) in [5, 5.41) is 16.7. The number of hydrogen-bond acceptors (Lipinski definition) is 6. The van der Waals surface area contributed by atoms with Crippen LogP contribution in [0.3, 0.4) is 0 Å². The van der Waals surface area contributed by atoms with E-state index in [1.54, 1.807) is 7.11 Å². The van der Waals surface area contributed by atoms with Crippen LogP contribution in [0.5, 0.6) is 11.5 Å². The fourth-order valence-corrected chi connectivity index (χ4v) is 2.67. The first-order chi connectivity index (χ1) is 12.0. The number of methoxy groups -OCH3 is 1. The van der Waals surface area contributed by atoms with Crippen molar-refractivity contribution < 1.29 is 14.3 Å². The fraction of sp³-hybridized carbons (Fsp3) is 0.375. The molecule has 1 amide bonds. The van der Waals surface area contributed by atoms with Gasteiger partial charge < -0.3 is 14.0 Å². The van der Waals surface area contributed by atoms with Crippen molar-refractivity contribution in [3.05, 3.63) is 23.9 Å². The van der Waals surface area contributed by atoms with Crippen molar-refractivity contribution in [2.24, 2.45) is 7.05 Å². The summed E-state index contributed by atoms with van der Waals surface area (Å²) in [6.45, 7) is 3.89. The maximum absolute atomic E-state index is 12.3. The zero-order valence-electron chi connectivity index (χ0n) is 14.5. The molecule has 0 fully saturated rings. The molecule has 2 N–H and O–H groups in total. The highest BCUT2D eigenvalue weighted by Gasteiger charge is 2.21. The number of fused-ring (bicyclic) bond motifs is 1. The van der Waals surface area contributed by atoms with Crippen LogP contribution >= 0.6 is 0 Å². The summed E-state index contributed by atoms with van der Waals surface area (Å²) in [4.78, 5) is 12.3. The normalized spacial score (nSPS) is 11.1. The summed E-state index contributed by atoms with van der Waals surface area (Å²) in [6, 6.07) is 5.74. The molecule has 2 aromatic heterocycles. The van der Waals surface area contributed by atoms with E-state index < -0.39 is 0 Å². The number of aromatic nitrogens is 5. The molecule has 3 aromatic rings. The number of nitrogens with zero attached hydrogens (tertiary/aromatic N) is 4. The first-order valence-electron chi connectivity index (χ1n) is 7.85. The van der Waals surface area contributed by atoms with Crippen LogP contribution < -0.4 is 14.8 Å². The summed E-state index contributed by atoms with van der Waals surface area (Å²) in [5.74, 6) is 1.29. The number of benzene rings is 1. The van der Waals surface area contributed by atoms with Gasteiger partial charge in [-0.3, -0.25) is 10.1 Å². The second-order valence-electron chi connectivity index (χ2n) is 5.84. The molecule has 0 aliphatic rings. The Hall–Kier alpha value is -3.10. The number of hydrogen-bond donors (Lipinski definition) is 2. The molecule has 0 aliphatic heterocycles. The van der Waals surface area contributed by atoms with Crippen LogP contribution in [0.25, 0.3) is 10.9 Å². The van der Waals surface area contributed by atoms with Gasteiger partial charge in [0.1, 0.15) is 11.5 Å². The maximum atomic E-state index is 12.3. The number of carbonyl (C=O) groups excluding carboxylic acids is 1. The van der Waals surface area contributed by atoms with Crippen LogP contribution in [0.4, 0.5) is 5.95 Å². The van der Waals surface area contributed by atoms with Crippen LogP contribution in [0.2, 0.25) is 0 Å². The second-order valence-corrected chi connectivity index (χ2v) is 5.84. The molecule has 132 valence electrons. The Morgan fingerprint density at radius 2 is 2.20 bits per heavy atom. The van der Waals surface area contributed by atoms with Crippen LogP contribution in [-0.4, -0.2) is 44.3 Å². The van der Waals surface area contributed by atoms with Gasteiger partial charge in [0.2, 0.25) is 5.91 Å². The lowest BCUT2D eigenvalue weighted by atomic mass is 10.2. The number of amides is 1. The second kappa shape index (κ2) is 6.80. The molecule has 0 saturated carbocycles. The number of tetrazole rings is 1. The van der Waals surface area contributed by atoms with Gasteiger partial charge in [-0.1, -0.05) is 5.10 Å². The summed E-state index contributed by atoms with van der Waals surface area (Å²) in [6.07, 6.45) is 0.0835. The third-order valence-electron chi connectivity index (χ3n) is 3.75. The van der Waals surface area contributed by atoms with E-state index in [2.05, 4.69) is 25.9 Å². The predicted octanol–water partition coefficient (Wildman–Crippen LogP) is 1.67. The van der Waals surface area contributed by atoms with Crippen LogP contribution in [0.1, 0.15) is 19.5 Å². The highest BCUT2D eigenvalue weighted by Crippen LogP contribution is 2.36. The number of aryl methyl sites for hydroxylation is 1. The summed E-state index contributed by atoms with van der Waals surface area (Å²) < 4.78 is 13.3. The van der Waals surface area contributed by atoms with Crippen molar-refractivity contribution in [2.75, 3.05) is 12.4 Å². The Labute approximate surface area is 144 Å². The van der Waals surface area contributed by atoms with Crippen LogP contribution in [0, 0.1) is 0 Å². The topological polar surface area (TPSA) is 107 Å². The van der Waals surface area contributed by atoms with E-state index in [1.165, 1.54) is 0 Å². The van der Waals surface area contributed by atoms with Crippen molar-refractivity contribution in [3.8, 4) is 11.5 Å². The largest absolute Gasteiger partial charge is 0.497 e. The first kappa shape index (κ1) is 16.7. The lowest BCUT2D eigenvalue weighted by molar-refractivity contribution is -0.115. The average molecular weight is 344 g/mol. The Bertz CT molecular complexity index is 885. The van der Waals surface area contributed by atoms with Gasteiger partial charge >= 0.3 is 0 Å². The smallest absolute Gasteiger partial charge is 0.269 e. The minimum Gasteiger partial charge on any atom is -0.497 e. The van der Waals surface area contributed by atoms with Gasteiger partial charge in [0.25, 0.3) is 5.95 Å². The lowest BCUT2D eigenvalue weighted by Crippen LogP contribution is -2.18. The minimum absolute atomic E-state index is 0.0316. The van der Waals surface area contributed by atoms with Gasteiger partial charge in [-0.15, -0.1) is 5.10 Å². The zero-order chi connectivity index (χ0) is 18.0. The molecule has 0 saturated heterocycles. The third-order valence-corrected chi connectivity index (χ3v) is 3.75. The van der Waals surface area contributed by atoms with Gasteiger partial charge in [0.15, 0.2) is 0 Å². The van der Waals surface area contributed by atoms with Gasteiger partial charge in [-0.05, 0) is 37.3 Å². The number of H-pyrrole nitrogens is 1. The Kier molecular flexibility index (Phi) is 4.55. The molecule has 0 bridgehead atoms. The van der Waals surface area contributed by atoms with E-state index >= 15 is 0 Å². The van der Waals surface area contributed by atoms with Gasteiger partial charge in [-0.2, -0.15) is 5.21 Å². The van der Waals surface area contributed by atoms with E-state index in [1.807, 2.05) is 43.7 Å². The number of aromatic amines is 1. The van der Waals surface area contributed by atoms with E-state index in [0.717, 1.165) is 22.3 Å². The summed E-state index contributed by atoms with van der Waals surface area (Å²) in [5.41, 5.74) is 1.72. The van der Waals surface area contributed by atoms with Crippen molar-refractivity contribution in [1.29, 1.82) is 0 Å². The molecule has 9 heteroatoms. The highest BCUT2D eigenvalue weighted by molar-refractivity contribution is 5.95. The quantitative estimate of drug-likeness (QED) is 0.704. The van der Waals surface area contributed by atoms with Gasteiger partial charge in [-0.25, -0.2) is 0 Å². The average Bonchev–Trinajstić information content (AvgIpc) is 3.16. The molecule has 25 heavy (non-hydrogen) atoms. The number of anilines is 1. The third kappa shape index (κ3) is 3.39. The molecule has 3 rings (SSSR count). The monoisotopic (exact) mass is 344 g/mol. The Morgan fingerprint density at radius 3 is 2.84 bits per heavy atom. The first-order valence-corrected chi connectivity index (χ1v) is 7.85. The molecule has 1 aromatic carbocycles. The highest BCUT2D eigenvalue weighted by atomic mass is 16.5. The van der Waals surface area contributed by atoms with E-state index in [9.17, 15) is 4.79 Å². The number of rotatable bonds is 6. The van der Waals surface area contributed by atoms with Gasteiger partial charge in [0.05, 0.1) is 30.8 Å². The maximum Gasteiger partial charge on any atom is 0.269 e. The molecule has 0 aliphatic carbocycles. The SMILES string of the molecule is COc1ccc2c(c1)c(OC(C)C)c(CC(=O)Nc1nn[nH]n1)n2C. The molecule has 0 atom stereocenters. The standard InChI is InChI=1S/C16H20N6O3/c1-9(2)25-15-11-7-10(24-4)5-6-12(11)22(3)13(15)8-14(23)17-16-18-20-21-19-16/h5-7,9H,8H2,1-4H3,(H2,17,18,19,20,21,23). The zero-order valence-corrected chi connectivity index (χ0v) is 14.5. The van der Waals surface area contributed by atoms with Crippen molar-refractivity contribution >= 4 is 22.8 Å². The van der Waals surface area contributed by atoms with E-state index in [0.29, 0.717) is 5.75 Å².